The molecule has 0 fully saturated rings. The lowest BCUT2D eigenvalue weighted by atomic mass is 10.1. The molecule has 0 aliphatic carbocycles. The Kier molecular flexibility index (Phi) is 4.46. The van der Waals surface area contributed by atoms with Crippen LogP contribution in [0.4, 0.5) is 5.69 Å². The number of carbonyl (C=O) groups is 1. The van der Waals surface area contributed by atoms with Gasteiger partial charge in [0.1, 0.15) is 11.3 Å². The first-order valence-corrected chi connectivity index (χ1v) is 7.62. The lowest BCUT2D eigenvalue weighted by Gasteiger charge is -2.09. The number of carbonyl (C=O) groups excluding carboxylic acids is 1. The third-order valence-electron chi connectivity index (χ3n) is 3.37. The molecule has 0 atom stereocenters. The molecule has 0 spiro atoms. The third-order valence-corrected chi connectivity index (χ3v) is 3.94. The van der Waals surface area contributed by atoms with Gasteiger partial charge in [0, 0.05) is 22.5 Å². The van der Waals surface area contributed by atoms with Crippen LogP contribution >= 0.6 is 23.2 Å². The van der Waals surface area contributed by atoms with Crippen molar-refractivity contribution in [2.75, 3.05) is 12.4 Å². The SMILES string of the molecule is COc1ccc2c(C(=O)Nc3cc(Cl)ccc3Cl)cc(=O)oc2c1. The smallest absolute Gasteiger partial charge is 0.337 e. The Labute approximate surface area is 146 Å². The Balaban J connectivity index is 2.06. The number of hydrogen-bond donors (Lipinski definition) is 1. The number of anilines is 1. The molecule has 5 nitrogen and oxygen atoms in total. The van der Waals surface area contributed by atoms with E-state index in [4.69, 9.17) is 32.4 Å². The van der Waals surface area contributed by atoms with Gasteiger partial charge in [-0.1, -0.05) is 23.2 Å². The van der Waals surface area contributed by atoms with E-state index in [1.54, 1.807) is 30.3 Å². The molecule has 0 bridgehead atoms. The van der Waals surface area contributed by atoms with Gasteiger partial charge in [0.15, 0.2) is 0 Å². The molecule has 0 radical (unpaired) electrons. The van der Waals surface area contributed by atoms with Gasteiger partial charge in [0.2, 0.25) is 0 Å². The van der Waals surface area contributed by atoms with Gasteiger partial charge in [-0.05, 0) is 30.3 Å². The van der Waals surface area contributed by atoms with Crippen LogP contribution in [0.5, 0.6) is 5.75 Å². The molecule has 1 amide bonds. The maximum Gasteiger partial charge on any atom is 0.337 e. The molecule has 2 aromatic carbocycles. The predicted molar refractivity (Wildman–Crippen MR) is 93.5 cm³/mol. The zero-order valence-electron chi connectivity index (χ0n) is 12.4. The van der Waals surface area contributed by atoms with E-state index >= 15 is 0 Å². The van der Waals surface area contributed by atoms with Crippen molar-refractivity contribution >= 4 is 45.8 Å². The van der Waals surface area contributed by atoms with Crippen LogP contribution in [0.1, 0.15) is 10.4 Å². The van der Waals surface area contributed by atoms with Crippen LogP contribution in [0.15, 0.2) is 51.7 Å². The summed E-state index contributed by atoms with van der Waals surface area (Å²) in [5.74, 6) is 0.0170. The molecule has 0 saturated carbocycles. The fraction of sp³-hybridized carbons (Fsp3) is 0.0588. The zero-order chi connectivity index (χ0) is 17.3. The molecule has 122 valence electrons. The summed E-state index contributed by atoms with van der Waals surface area (Å²) in [4.78, 5) is 24.3. The van der Waals surface area contributed by atoms with Gasteiger partial charge in [-0.15, -0.1) is 0 Å². The monoisotopic (exact) mass is 363 g/mol. The Hall–Kier alpha value is -2.50. The van der Waals surface area contributed by atoms with Crippen LogP contribution < -0.4 is 15.7 Å². The highest BCUT2D eigenvalue weighted by atomic mass is 35.5. The van der Waals surface area contributed by atoms with Crippen molar-refractivity contribution in [3.05, 3.63) is 68.5 Å². The number of halogens is 2. The van der Waals surface area contributed by atoms with E-state index in [0.717, 1.165) is 6.07 Å². The molecule has 3 aromatic rings. The highest BCUT2D eigenvalue weighted by Gasteiger charge is 2.15. The van der Waals surface area contributed by atoms with E-state index in [2.05, 4.69) is 5.32 Å². The second-order valence-corrected chi connectivity index (χ2v) is 5.76. The fourth-order valence-corrected chi connectivity index (χ4v) is 2.58. The predicted octanol–water partition coefficient (Wildman–Crippen LogP) is 4.36. The first kappa shape index (κ1) is 16.4. The molecule has 1 aromatic heterocycles. The van der Waals surface area contributed by atoms with Crippen molar-refractivity contribution in [1.82, 2.24) is 0 Å². The average molecular weight is 364 g/mol. The van der Waals surface area contributed by atoms with Crippen LogP contribution in [0.2, 0.25) is 10.0 Å². The van der Waals surface area contributed by atoms with Crippen molar-refractivity contribution in [3.8, 4) is 5.75 Å². The van der Waals surface area contributed by atoms with Gasteiger partial charge >= 0.3 is 5.63 Å². The largest absolute Gasteiger partial charge is 0.497 e. The van der Waals surface area contributed by atoms with E-state index in [0.29, 0.717) is 26.9 Å². The summed E-state index contributed by atoms with van der Waals surface area (Å²) in [7, 11) is 1.50. The van der Waals surface area contributed by atoms with Crippen LogP contribution in [-0.4, -0.2) is 13.0 Å². The van der Waals surface area contributed by atoms with Crippen molar-refractivity contribution < 1.29 is 13.9 Å². The average Bonchev–Trinajstić information content (AvgIpc) is 2.56. The third kappa shape index (κ3) is 3.22. The molecule has 24 heavy (non-hydrogen) atoms. The molecular formula is C17H11Cl2NO4. The number of rotatable bonds is 3. The Morgan fingerprint density at radius 2 is 1.92 bits per heavy atom. The molecule has 0 saturated heterocycles. The molecule has 3 rings (SSSR count). The summed E-state index contributed by atoms with van der Waals surface area (Å²) in [5.41, 5.74) is 0.131. The van der Waals surface area contributed by atoms with Crippen molar-refractivity contribution in [2.45, 2.75) is 0 Å². The first-order chi connectivity index (χ1) is 11.5. The first-order valence-electron chi connectivity index (χ1n) is 6.86. The summed E-state index contributed by atoms with van der Waals surface area (Å²) < 4.78 is 10.2. The minimum atomic E-state index is -0.641. The van der Waals surface area contributed by atoms with Crippen molar-refractivity contribution in [2.24, 2.45) is 0 Å². The molecule has 1 N–H and O–H groups in total. The molecule has 7 heteroatoms. The van der Waals surface area contributed by atoms with Crippen LogP contribution in [0.25, 0.3) is 11.0 Å². The topological polar surface area (TPSA) is 68.5 Å². The molecular weight excluding hydrogens is 353 g/mol. The number of fused-ring (bicyclic) bond motifs is 1. The highest BCUT2D eigenvalue weighted by Crippen LogP contribution is 2.27. The van der Waals surface area contributed by atoms with Gasteiger partial charge in [0.25, 0.3) is 5.91 Å². The van der Waals surface area contributed by atoms with E-state index in [9.17, 15) is 9.59 Å². The van der Waals surface area contributed by atoms with E-state index < -0.39 is 11.5 Å². The van der Waals surface area contributed by atoms with Crippen LogP contribution in [0, 0.1) is 0 Å². The minimum absolute atomic E-state index is 0.167. The number of methoxy groups -OCH3 is 1. The van der Waals surface area contributed by atoms with Gasteiger partial charge in [-0.25, -0.2) is 4.79 Å². The summed E-state index contributed by atoms with van der Waals surface area (Å²) in [6.45, 7) is 0. The number of benzene rings is 2. The second-order valence-electron chi connectivity index (χ2n) is 4.92. The van der Waals surface area contributed by atoms with Gasteiger partial charge < -0.3 is 14.5 Å². The van der Waals surface area contributed by atoms with Gasteiger partial charge in [0.05, 0.1) is 23.4 Å². The van der Waals surface area contributed by atoms with E-state index in [1.165, 1.54) is 13.2 Å². The molecule has 1 heterocycles. The number of nitrogens with one attached hydrogen (secondary N) is 1. The fourth-order valence-electron chi connectivity index (χ4n) is 2.24. The highest BCUT2D eigenvalue weighted by molar-refractivity contribution is 6.36. The lowest BCUT2D eigenvalue weighted by Crippen LogP contribution is -2.15. The number of amides is 1. The van der Waals surface area contributed by atoms with Gasteiger partial charge in [-0.3, -0.25) is 4.79 Å². The standard InChI is InChI=1S/C17H11Cl2NO4/c1-23-10-3-4-11-12(8-16(21)24-15(11)7-10)17(22)20-14-6-9(18)2-5-13(14)19/h2-8H,1H3,(H,20,22). The van der Waals surface area contributed by atoms with Crippen LogP contribution in [-0.2, 0) is 0 Å². The number of ether oxygens (including phenoxy) is 1. The maximum atomic E-state index is 12.6. The normalized spacial score (nSPS) is 10.6. The Morgan fingerprint density at radius 1 is 1.12 bits per heavy atom. The summed E-state index contributed by atoms with van der Waals surface area (Å²) in [6.07, 6.45) is 0. The zero-order valence-corrected chi connectivity index (χ0v) is 13.9. The van der Waals surface area contributed by atoms with E-state index in [-0.39, 0.29) is 11.1 Å². The van der Waals surface area contributed by atoms with Crippen molar-refractivity contribution in [1.29, 1.82) is 0 Å². The Bertz CT molecular complexity index is 998. The second kappa shape index (κ2) is 6.55. The van der Waals surface area contributed by atoms with Crippen molar-refractivity contribution in [3.63, 3.8) is 0 Å². The van der Waals surface area contributed by atoms with E-state index in [1.807, 2.05) is 0 Å². The maximum absolute atomic E-state index is 12.6. The molecule has 0 aliphatic heterocycles. The Morgan fingerprint density at radius 3 is 2.67 bits per heavy atom. The summed E-state index contributed by atoms with van der Waals surface area (Å²) in [5, 5.41) is 3.89. The number of hydrogen-bond acceptors (Lipinski definition) is 4. The molecule has 0 unspecified atom stereocenters. The van der Waals surface area contributed by atoms with Crippen LogP contribution in [0.3, 0.4) is 0 Å². The lowest BCUT2D eigenvalue weighted by molar-refractivity contribution is 0.102. The quantitative estimate of drug-likeness (QED) is 0.701. The summed E-state index contributed by atoms with van der Waals surface area (Å²) >= 11 is 12.0. The minimum Gasteiger partial charge on any atom is -0.497 e. The van der Waals surface area contributed by atoms with Gasteiger partial charge in [-0.2, -0.15) is 0 Å². The summed E-state index contributed by atoms with van der Waals surface area (Å²) in [6, 6.07) is 10.7. The molecule has 0 aliphatic rings.